The average molecular weight is 306 g/mol. The standard InChI is InChI=1S/C17H26N2O3/c1-11(2)15(19-16(20)14-9-6-10-22-14)17(21)18-13-8-5-4-7-12(13)3/h6,9-13,15H,4-5,7-8H2,1-3H3,(H,18,21)(H,19,20). The highest BCUT2D eigenvalue weighted by Crippen LogP contribution is 2.24. The van der Waals surface area contributed by atoms with Gasteiger partial charge < -0.3 is 15.1 Å². The number of hydrogen-bond acceptors (Lipinski definition) is 3. The highest BCUT2D eigenvalue weighted by molar-refractivity contribution is 5.95. The monoisotopic (exact) mass is 306 g/mol. The van der Waals surface area contributed by atoms with Crippen LogP contribution in [0.1, 0.15) is 57.0 Å². The van der Waals surface area contributed by atoms with Gasteiger partial charge in [-0.05, 0) is 36.8 Å². The topological polar surface area (TPSA) is 71.3 Å². The summed E-state index contributed by atoms with van der Waals surface area (Å²) in [4.78, 5) is 24.6. The van der Waals surface area contributed by atoms with Crippen LogP contribution in [0, 0.1) is 11.8 Å². The predicted molar refractivity (Wildman–Crippen MR) is 84.4 cm³/mol. The zero-order chi connectivity index (χ0) is 16.1. The second-order valence-electron chi connectivity index (χ2n) is 6.55. The zero-order valence-corrected chi connectivity index (χ0v) is 13.6. The highest BCUT2D eigenvalue weighted by Gasteiger charge is 2.29. The Morgan fingerprint density at radius 2 is 2.00 bits per heavy atom. The van der Waals surface area contributed by atoms with Crippen LogP contribution in [0.3, 0.4) is 0 Å². The molecule has 22 heavy (non-hydrogen) atoms. The SMILES string of the molecule is CC(C)C(NC(=O)c1ccco1)C(=O)NC1CCCCC1C. The summed E-state index contributed by atoms with van der Waals surface area (Å²) in [6.45, 7) is 6.03. The number of nitrogens with one attached hydrogen (secondary N) is 2. The number of carbonyl (C=O) groups is 2. The molecule has 2 rings (SSSR count). The van der Waals surface area contributed by atoms with Gasteiger partial charge in [-0.15, -0.1) is 0 Å². The van der Waals surface area contributed by atoms with Gasteiger partial charge in [0.15, 0.2) is 5.76 Å². The van der Waals surface area contributed by atoms with Crippen molar-refractivity contribution in [3.05, 3.63) is 24.2 Å². The third-order valence-corrected chi connectivity index (χ3v) is 4.42. The van der Waals surface area contributed by atoms with Gasteiger partial charge in [-0.2, -0.15) is 0 Å². The Labute approximate surface area is 131 Å². The van der Waals surface area contributed by atoms with Crippen molar-refractivity contribution in [2.45, 2.75) is 58.5 Å². The van der Waals surface area contributed by atoms with Crippen molar-refractivity contribution < 1.29 is 14.0 Å². The van der Waals surface area contributed by atoms with Gasteiger partial charge in [-0.25, -0.2) is 0 Å². The molecule has 0 bridgehead atoms. The van der Waals surface area contributed by atoms with Crippen LogP contribution < -0.4 is 10.6 Å². The molecule has 2 N–H and O–H groups in total. The summed E-state index contributed by atoms with van der Waals surface area (Å²) in [6.07, 6.45) is 6.00. The van der Waals surface area contributed by atoms with Crippen molar-refractivity contribution in [3.8, 4) is 0 Å². The first-order valence-corrected chi connectivity index (χ1v) is 8.13. The van der Waals surface area contributed by atoms with E-state index in [0.29, 0.717) is 5.92 Å². The first kappa shape index (κ1) is 16.6. The molecule has 0 aliphatic heterocycles. The molecule has 5 heteroatoms. The van der Waals surface area contributed by atoms with E-state index in [-0.39, 0.29) is 29.5 Å². The van der Waals surface area contributed by atoms with Crippen molar-refractivity contribution in [1.82, 2.24) is 10.6 Å². The van der Waals surface area contributed by atoms with Gasteiger partial charge in [-0.3, -0.25) is 9.59 Å². The van der Waals surface area contributed by atoms with Gasteiger partial charge in [0.05, 0.1) is 6.26 Å². The van der Waals surface area contributed by atoms with Gasteiger partial charge >= 0.3 is 0 Å². The van der Waals surface area contributed by atoms with Crippen molar-refractivity contribution in [3.63, 3.8) is 0 Å². The lowest BCUT2D eigenvalue weighted by molar-refractivity contribution is -0.125. The largest absolute Gasteiger partial charge is 0.459 e. The number of amides is 2. The van der Waals surface area contributed by atoms with E-state index in [1.165, 1.54) is 12.7 Å². The fourth-order valence-corrected chi connectivity index (χ4v) is 2.96. The Morgan fingerprint density at radius 1 is 1.27 bits per heavy atom. The van der Waals surface area contributed by atoms with Crippen LogP contribution in [0.4, 0.5) is 0 Å². The summed E-state index contributed by atoms with van der Waals surface area (Å²) in [5.41, 5.74) is 0. The van der Waals surface area contributed by atoms with Crippen LogP contribution >= 0.6 is 0 Å². The van der Waals surface area contributed by atoms with E-state index in [4.69, 9.17) is 4.42 Å². The molecule has 3 atom stereocenters. The Bertz CT molecular complexity index is 496. The molecule has 5 nitrogen and oxygen atoms in total. The summed E-state index contributed by atoms with van der Waals surface area (Å²) in [6, 6.07) is 2.91. The molecular weight excluding hydrogens is 280 g/mol. The number of carbonyl (C=O) groups excluding carboxylic acids is 2. The normalized spacial score (nSPS) is 23.1. The van der Waals surface area contributed by atoms with Crippen molar-refractivity contribution in [1.29, 1.82) is 0 Å². The van der Waals surface area contributed by atoms with Gasteiger partial charge in [0.1, 0.15) is 6.04 Å². The van der Waals surface area contributed by atoms with Gasteiger partial charge in [0.2, 0.25) is 5.91 Å². The molecule has 1 aromatic heterocycles. The van der Waals surface area contributed by atoms with Crippen LogP contribution in [0.25, 0.3) is 0 Å². The van der Waals surface area contributed by atoms with Crippen LogP contribution in [0.15, 0.2) is 22.8 Å². The van der Waals surface area contributed by atoms with E-state index in [2.05, 4.69) is 17.6 Å². The molecule has 1 heterocycles. The lowest BCUT2D eigenvalue weighted by Crippen LogP contribution is -2.53. The predicted octanol–water partition coefficient (Wildman–Crippen LogP) is 2.73. The second-order valence-corrected chi connectivity index (χ2v) is 6.55. The smallest absolute Gasteiger partial charge is 0.287 e. The quantitative estimate of drug-likeness (QED) is 0.878. The molecule has 1 aliphatic rings. The third-order valence-electron chi connectivity index (χ3n) is 4.42. The van der Waals surface area contributed by atoms with Crippen molar-refractivity contribution in [2.75, 3.05) is 0 Å². The summed E-state index contributed by atoms with van der Waals surface area (Å²) in [7, 11) is 0. The minimum absolute atomic E-state index is 0.0119. The van der Waals surface area contributed by atoms with Crippen molar-refractivity contribution in [2.24, 2.45) is 11.8 Å². The van der Waals surface area contributed by atoms with E-state index >= 15 is 0 Å². The first-order valence-electron chi connectivity index (χ1n) is 8.13. The summed E-state index contributed by atoms with van der Waals surface area (Å²) in [5, 5.41) is 5.89. The van der Waals surface area contributed by atoms with Crippen LogP contribution in [-0.4, -0.2) is 23.9 Å². The highest BCUT2D eigenvalue weighted by atomic mass is 16.3. The van der Waals surface area contributed by atoms with E-state index < -0.39 is 6.04 Å². The summed E-state index contributed by atoms with van der Waals surface area (Å²) >= 11 is 0. The Hall–Kier alpha value is -1.78. The molecule has 0 spiro atoms. The van der Waals surface area contributed by atoms with Crippen molar-refractivity contribution >= 4 is 11.8 Å². The molecule has 1 saturated carbocycles. The minimum atomic E-state index is -0.549. The molecule has 1 aliphatic carbocycles. The van der Waals surface area contributed by atoms with Crippen LogP contribution in [0.5, 0.6) is 0 Å². The second kappa shape index (κ2) is 7.47. The number of hydrogen-bond donors (Lipinski definition) is 2. The minimum Gasteiger partial charge on any atom is -0.459 e. The molecule has 1 aromatic rings. The van der Waals surface area contributed by atoms with Gasteiger partial charge in [0, 0.05) is 6.04 Å². The summed E-state index contributed by atoms with van der Waals surface area (Å²) in [5.74, 6) is 0.276. The fraction of sp³-hybridized carbons (Fsp3) is 0.647. The third kappa shape index (κ3) is 4.12. The van der Waals surface area contributed by atoms with Gasteiger partial charge in [0.25, 0.3) is 5.91 Å². The Kier molecular flexibility index (Phi) is 5.63. The van der Waals surface area contributed by atoms with E-state index in [1.807, 2.05) is 13.8 Å². The van der Waals surface area contributed by atoms with Crippen LogP contribution in [-0.2, 0) is 4.79 Å². The lowest BCUT2D eigenvalue weighted by Gasteiger charge is -2.31. The van der Waals surface area contributed by atoms with E-state index in [0.717, 1.165) is 19.3 Å². The maximum absolute atomic E-state index is 12.5. The number of furan rings is 1. The molecule has 3 unspecified atom stereocenters. The maximum atomic E-state index is 12.5. The molecule has 0 aromatic carbocycles. The molecule has 0 saturated heterocycles. The molecule has 122 valence electrons. The zero-order valence-electron chi connectivity index (χ0n) is 13.6. The van der Waals surface area contributed by atoms with E-state index in [1.54, 1.807) is 12.1 Å². The molecular formula is C17H26N2O3. The van der Waals surface area contributed by atoms with Crippen LogP contribution in [0.2, 0.25) is 0 Å². The lowest BCUT2D eigenvalue weighted by atomic mass is 9.85. The maximum Gasteiger partial charge on any atom is 0.287 e. The Balaban J connectivity index is 1.97. The molecule has 2 amide bonds. The Morgan fingerprint density at radius 3 is 2.59 bits per heavy atom. The number of rotatable bonds is 5. The average Bonchev–Trinajstić information content (AvgIpc) is 3.00. The molecule has 0 radical (unpaired) electrons. The summed E-state index contributed by atoms with van der Waals surface area (Å²) < 4.78 is 5.08. The van der Waals surface area contributed by atoms with E-state index in [9.17, 15) is 9.59 Å². The fourth-order valence-electron chi connectivity index (χ4n) is 2.96. The van der Waals surface area contributed by atoms with Gasteiger partial charge in [-0.1, -0.05) is 33.6 Å². The molecule has 1 fully saturated rings. The first-order chi connectivity index (χ1) is 10.5.